The Labute approximate surface area is 108 Å². The van der Waals surface area contributed by atoms with Gasteiger partial charge in [0.25, 0.3) is 0 Å². The van der Waals surface area contributed by atoms with E-state index in [1.54, 1.807) is 6.20 Å². The molecule has 1 aromatic heterocycles. The number of nitrogens with zero attached hydrogens (tertiary/aromatic N) is 2. The Morgan fingerprint density at radius 2 is 2.24 bits per heavy atom. The first-order chi connectivity index (χ1) is 8.26. The lowest BCUT2D eigenvalue weighted by molar-refractivity contribution is 0.723. The monoisotopic (exact) mass is 253 g/mol. The highest BCUT2D eigenvalue weighted by atomic mass is 35.5. The third-order valence-electron chi connectivity index (χ3n) is 3.11. The average molecular weight is 254 g/mol. The van der Waals surface area contributed by atoms with Gasteiger partial charge in [0.2, 0.25) is 0 Å². The molecule has 4 heteroatoms. The van der Waals surface area contributed by atoms with Crippen LogP contribution in [-0.2, 0) is 6.54 Å². The van der Waals surface area contributed by atoms with E-state index in [-0.39, 0.29) is 0 Å². The van der Waals surface area contributed by atoms with Crippen molar-refractivity contribution in [1.29, 1.82) is 0 Å². The highest BCUT2D eigenvalue weighted by Crippen LogP contribution is 2.31. The van der Waals surface area contributed by atoms with E-state index in [1.165, 1.54) is 12.8 Å². The van der Waals surface area contributed by atoms with Gasteiger partial charge in [-0.2, -0.15) is 0 Å². The molecule has 0 aromatic carbocycles. The number of rotatable bonds is 6. The Bertz CT molecular complexity index is 377. The first-order valence-electron chi connectivity index (χ1n) is 6.38. The van der Waals surface area contributed by atoms with Gasteiger partial charge in [-0.25, -0.2) is 4.98 Å². The lowest BCUT2D eigenvalue weighted by Crippen LogP contribution is -2.26. The van der Waals surface area contributed by atoms with Crippen LogP contribution in [-0.4, -0.2) is 24.1 Å². The zero-order valence-corrected chi connectivity index (χ0v) is 11.3. The molecule has 1 heterocycles. The molecular weight excluding hydrogens is 234 g/mol. The Hall–Kier alpha value is -0.800. The minimum Gasteiger partial charge on any atom is -0.354 e. The highest BCUT2D eigenvalue weighted by molar-refractivity contribution is 6.31. The summed E-state index contributed by atoms with van der Waals surface area (Å²) in [5.74, 6) is 1.06. The SMILES string of the molecule is CCNCc1cc(N(CC)C2CC2)ncc1Cl. The highest BCUT2D eigenvalue weighted by Gasteiger charge is 2.29. The van der Waals surface area contributed by atoms with E-state index in [0.717, 1.165) is 36.0 Å². The topological polar surface area (TPSA) is 28.2 Å². The van der Waals surface area contributed by atoms with E-state index in [1.807, 2.05) is 0 Å². The first kappa shape index (κ1) is 12.7. The minimum absolute atomic E-state index is 0.695. The third kappa shape index (κ3) is 3.11. The number of hydrogen-bond acceptors (Lipinski definition) is 3. The number of anilines is 1. The molecule has 17 heavy (non-hydrogen) atoms. The van der Waals surface area contributed by atoms with Crippen LogP contribution in [0.25, 0.3) is 0 Å². The van der Waals surface area contributed by atoms with Crippen molar-refractivity contribution in [2.75, 3.05) is 18.0 Å². The van der Waals surface area contributed by atoms with Crippen LogP contribution >= 0.6 is 11.6 Å². The molecule has 0 atom stereocenters. The van der Waals surface area contributed by atoms with Crippen molar-refractivity contribution < 1.29 is 0 Å². The molecule has 0 spiro atoms. The van der Waals surface area contributed by atoms with Crippen LogP contribution in [0.1, 0.15) is 32.3 Å². The fourth-order valence-electron chi connectivity index (χ4n) is 2.01. The molecule has 1 fully saturated rings. The van der Waals surface area contributed by atoms with E-state index in [2.05, 4.69) is 35.1 Å². The molecule has 0 unspecified atom stereocenters. The number of pyridine rings is 1. The standard InChI is InChI=1S/C13H20ClN3/c1-3-15-8-10-7-13(16-9-12(10)14)17(4-2)11-5-6-11/h7,9,11,15H,3-6,8H2,1-2H3. The fourth-order valence-corrected chi connectivity index (χ4v) is 2.18. The summed E-state index contributed by atoms with van der Waals surface area (Å²) in [7, 11) is 0. The Morgan fingerprint density at radius 3 is 2.82 bits per heavy atom. The molecule has 0 bridgehead atoms. The predicted molar refractivity (Wildman–Crippen MR) is 72.7 cm³/mol. The van der Waals surface area contributed by atoms with Gasteiger partial charge in [-0.3, -0.25) is 0 Å². The summed E-state index contributed by atoms with van der Waals surface area (Å²) < 4.78 is 0. The smallest absolute Gasteiger partial charge is 0.129 e. The van der Waals surface area contributed by atoms with Crippen molar-refractivity contribution in [3.05, 3.63) is 22.8 Å². The lowest BCUT2D eigenvalue weighted by Gasteiger charge is -2.22. The fraction of sp³-hybridized carbons (Fsp3) is 0.615. The number of nitrogens with one attached hydrogen (secondary N) is 1. The Balaban J connectivity index is 2.16. The molecule has 1 aliphatic carbocycles. The maximum atomic E-state index is 6.15. The molecule has 0 amide bonds. The molecule has 1 N–H and O–H groups in total. The molecule has 2 rings (SSSR count). The van der Waals surface area contributed by atoms with Crippen LogP contribution in [0.4, 0.5) is 5.82 Å². The van der Waals surface area contributed by atoms with E-state index < -0.39 is 0 Å². The van der Waals surface area contributed by atoms with Crippen LogP contribution in [0.15, 0.2) is 12.3 Å². The molecule has 0 aliphatic heterocycles. The second-order valence-corrected chi connectivity index (χ2v) is 4.84. The molecule has 3 nitrogen and oxygen atoms in total. The molecule has 0 radical (unpaired) electrons. The molecule has 0 saturated heterocycles. The zero-order valence-electron chi connectivity index (χ0n) is 10.5. The van der Waals surface area contributed by atoms with Gasteiger partial charge in [-0.05, 0) is 37.9 Å². The van der Waals surface area contributed by atoms with Crippen molar-refractivity contribution in [3.8, 4) is 0 Å². The van der Waals surface area contributed by atoms with Gasteiger partial charge in [0.05, 0.1) is 5.02 Å². The molecular formula is C13H20ClN3. The van der Waals surface area contributed by atoms with Gasteiger partial charge in [0.1, 0.15) is 5.82 Å². The molecule has 1 aromatic rings. The maximum Gasteiger partial charge on any atom is 0.129 e. The van der Waals surface area contributed by atoms with Gasteiger partial charge in [-0.1, -0.05) is 18.5 Å². The summed E-state index contributed by atoms with van der Waals surface area (Å²) in [6.45, 7) is 7.05. The van der Waals surface area contributed by atoms with Crippen LogP contribution in [0, 0.1) is 0 Å². The van der Waals surface area contributed by atoms with Crippen molar-refractivity contribution in [3.63, 3.8) is 0 Å². The number of aromatic nitrogens is 1. The third-order valence-corrected chi connectivity index (χ3v) is 3.45. The lowest BCUT2D eigenvalue weighted by atomic mass is 10.2. The van der Waals surface area contributed by atoms with E-state index >= 15 is 0 Å². The van der Waals surface area contributed by atoms with Crippen molar-refractivity contribution >= 4 is 17.4 Å². The Morgan fingerprint density at radius 1 is 1.47 bits per heavy atom. The maximum absolute atomic E-state index is 6.15. The summed E-state index contributed by atoms with van der Waals surface area (Å²) in [4.78, 5) is 6.81. The summed E-state index contributed by atoms with van der Waals surface area (Å²) in [5.41, 5.74) is 1.14. The van der Waals surface area contributed by atoms with E-state index in [0.29, 0.717) is 6.04 Å². The van der Waals surface area contributed by atoms with Crippen LogP contribution in [0.2, 0.25) is 5.02 Å². The second kappa shape index (κ2) is 5.69. The molecule has 94 valence electrons. The average Bonchev–Trinajstić information content (AvgIpc) is 3.15. The largest absolute Gasteiger partial charge is 0.354 e. The number of halogens is 1. The van der Waals surface area contributed by atoms with Gasteiger partial charge >= 0.3 is 0 Å². The van der Waals surface area contributed by atoms with Crippen molar-refractivity contribution in [2.45, 2.75) is 39.3 Å². The normalized spacial score (nSPS) is 15.0. The summed E-state index contributed by atoms with van der Waals surface area (Å²) >= 11 is 6.15. The second-order valence-electron chi connectivity index (χ2n) is 4.43. The van der Waals surface area contributed by atoms with Crippen LogP contribution in [0.3, 0.4) is 0 Å². The van der Waals surface area contributed by atoms with Gasteiger partial charge in [0, 0.05) is 25.3 Å². The van der Waals surface area contributed by atoms with Crippen molar-refractivity contribution in [1.82, 2.24) is 10.3 Å². The van der Waals surface area contributed by atoms with Crippen LogP contribution < -0.4 is 10.2 Å². The summed E-state index contributed by atoms with van der Waals surface area (Å²) in [6.07, 6.45) is 4.36. The Kier molecular flexibility index (Phi) is 4.24. The quantitative estimate of drug-likeness (QED) is 0.845. The van der Waals surface area contributed by atoms with Gasteiger partial charge in [0.15, 0.2) is 0 Å². The molecule has 1 saturated carbocycles. The summed E-state index contributed by atoms with van der Waals surface area (Å²) in [5, 5.41) is 4.06. The van der Waals surface area contributed by atoms with Gasteiger partial charge < -0.3 is 10.2 Å². The molecule has 1 aliphatic rings. The number of hydrogen-bond donors (Lipinski definition) is 1. The van der Waals surface area contributed by atoms with E-state index in [4.69, 9.17) is 11.6 Å². The van der Waals surface area contributed by atoms with Crippen molar-refractivity contribution in [2.24, 2.45) is 0 Å². The van der Waals surface area contributed by atoms with E-state index in [9.17, 15) is 0 Å². The first-order valence-corrected chi connectivity index (χ1v) is 6.75. The predicted octanol–water partition coefficient (Wildman–Crippen LogP) is 2.83. The van der Waals surface area contributed by atoms with Crippen LogP contribution in [0.5, 0.6) is 0 Å². The zero-order chi connectivity index (χ0) is 12.3. The summed E-state index contributed by atoms with van der Waals surface area (Å²) in [6, 6.07) is 2.81. The minimum atomic E-state index is 0.695. The van der Waals surface area contributed by atoms with Gasteiger partial charge in [-0.15, -0.1) is 0 Å².